The molecule has 4 rings (SSSR count). The van der Waals surface area contributed by atoms with Crippen LogP contribution in [0, 0.1) is 0 Å². The van der Waals surface area contributed by atoms with Gasteiger partial charge in [0.05, 0.1) is 19.3 Å². The van der Waals surface area contributed by atoms with Gasteiger partial charge in [0.1, 0.15) is 17.6 Å². The molecule has 6 heteroatoms. The van der Waals surface area contributed by atoms with Gasteiger partial charge in [-0.3, -0.25) is 10.1 Å². The number of methoxy groups -OCH3 is 1. The lowest BCUT2D eigenvalue weighted by Gasteiger charge is -2.27. The van der Waals surface area contributed by atoms with Gasteiger partial charge in [-0.25, -0.2) is 4.68 Å². The SMILES string of the molecule is COc1cccc(-c2cc3n(n2)[C@@H](NC[C@H](C)c2ccccc2)CNC3=O)c1. The third-order valence-electron chi connectivity index (χ3n) is 5.11. The second-order valence-electron chi connectivity index (χ2n) is 7.04. The predicted octanol–water partition coefficient (Wildman–Crippen LogP) is 3.19. The Morgan fingerprint density at radius 1 is 1.21 bits per heavy atom. The summed E-state index contributed by atoms with van der Waals surface area (Å²) in [6, 6.07) is 19.9. The largest absolute Gasteiger partial charge is 0.497 e. The summed E-state index contributed by atoms with van der Waals surface area (Å²) in [6.07, 6.45) is -0.0850. The van der Waals surface area contributed by atoms with Crippen molar-refractivity contribution >= 4 is 5.91 Å². The van der Waals surface area contributed by atoms with Gasteiger partial charge in [0.15, 0.2) is 0 Å². The van der Waals surface area contributed by atoms with E-state index in [1.807, 2.05) is 36.4 Å². The number of fused-ring (bicyclic) bond motifs is 1. The normalized spacial score (nSPS) is 16.9. The number of nitrogens with one attached hydrogen (secondary N) is 2. The molecule has 0 aliphatic carbocycles. The van der Waals surface area contributed by atoms with Crippen LogP contribution in [0.1, 0.15) is 35.1 Å². The number of rotatable bonds is 6. The van der Waals surface area contributed by atoms with Crippen LogP contribution in [0.15, 0.2) is 60.7 Å². The first-order chi connectivity index (χ1) is 13.7. The van der Waals surface area contributed by atoms with Gasteiger partial charge in [-0.05, 0) is 29.7 Å². The van der Waals surface area contributed by atoms with Gasteiger partial charge in [0.2, 0.25) is 0 Å². The lowest BCUT2D eigenvalue weighted by molar-refractivity contribution is 0.0900. The summed E-state index contributed by atoms with van der Waals surface area (Å²) >= 11 is 0. The van der Waals surface area contributed by atoms with E-state index in [1.54, 1.807) is 11.8 Å². The number of hydrogen-bond acceptors (Lipinski definition) is 4. The third-order valence-corrected chi connectivity index (χ3v) is 5.11. The monoisotopic (exact) mass is 376 g/mol. The van der Waals surface area contributed by atoms with E-state index in [-0.39, 0.29) is 12.1 Å². The van der Waals surface area contributed by atoms with E-state index >= 15 is 0 Å². The van der Waals surface area contributed by atoms with Crippen LogP contribution in [0.5, 0.6) is 5.75 Å². The molecule has 2 aromatic carbocycles. The van der Waals surface area contributed by atoms with Crippen LogP contribution in [0.3, 0.4) is 0 Å². The number of aromatic nitrogens is 2. The van der Waals surface area contributed by atoms with Crippen LogP contribution in [0.2, 0.25) is 0 Å². The highest BCUT2D eigenvalue weighted by atomic mass is 16.5. The molecule has 1 aromatic heterocycles. The molecule has 0 radical (unpaired) electrons. The van der Waals surface area contributed by atoms with Crippen molar-refractivity contribution in [2.24, 2.45) is 0 Å². The van der Waals surface area contributed by atoms with Crippen molar-refractivity contribution in [1.82, 2.24) is 20.4 Å². The molecule has 1 aliphatic rings. The number of nitrogens with zero attached hydrogens (tertiary/aromatic N) is 2. The van der Waals surface area contributed by atoms with Crippen molar-refractivity contribution in [3.63, 3.8) is 0 Å². The number of ether oxygens (including phenoxy) is 1. The second kappa shape index (κ2) is 7.86. The number of amides is 1. The van der Waals surface area contributed by atoms with E-state index in [0.717, 1.165) is 23.6 Å². The van der Waals surface area contributed by atoms with Gasteiger partial charge in [-0.2, -0.15) is 5.10 Å². The number of hydrogen-bond donors (Lipinski definition) is 2. The molecule has 0 spiro atoms. The van der Waals surface area contributed by atoms with Gasteiger partial charge in [-0.15, -0.1) is 0 Å². The second-order valence-corrected chi connectivity index (χ2v) is 7.04. The molecule has 3 aromatic rings. The zero-order valence-electron chi connectivity index (χ0n) is 16.1. The minimum Gasteiger partial charge on any atom is -0.497 e. The molecule has 28 heavy (non-hydrogen) atoms. The molecule has 2 atom stereocenters. The fourth-order valence-corrected chi connectivity index (χ4v) is 3.46. The Labute approximate surface area is 164 Å². The molecule has 1 aliphatic heterocycles. The van der Waals surface area contributed by atoms with Gasteiger partial charge in [-0.1, -0.05) is 49.4 Å². The molecule has 0 fully saturated rings. The maximum atomic E-state index is 12.3. The average molecular weight is 376 g/mol. The van der Waals surface area contributed by atoms with Crippen LogP contribution in [0.25, 0.3) is 11.3 Å². The summed E-state index contributed by atoms with van der Waals surface area (Å²) in [6.45, 7) is 3.49. The van der Waals surface area contributed by atoms with Crippen molar-refractivity contribution in [1.29, 1.82) is 0 Å². The molecular weight excluding hydrogens is 352 g/mol. The van der Waals surface area contributed by atoms with E-state index in [1.165, 1.54) is 5.56 Å². The summed E-state index contributed by atoms with van der Waals surface area (Å²) < 4.78 is 7.10. The molecule has 0 saturated carbocycles. The number of carbonyl (C=O) groups excluding carboxylic acids is 1. The lowest BCUT2D eigenvalue weighted by Crippen LogP contribution is -2.46. The Morgan fingerprint density at radius 3 is 2.82 bits per heavy atom. The van der Waals surface area contributed by atoms with Gasteiger partial charge in [0, 0.05) is 12.1 Å². The Bertz CT molecular complexity index is 968. The molecule has 0 bridgehead atoms. The molecule has 2 heterocycles. The highest BCUT2D eigenvalue weighted by molar-refractivity contribution is 5.94. The van der Waals surface area contributed by atoms with Crippen molar-refractivity contribution in [3.8, 4) is 17.0 Å². The Kier molecular flexibility index (Phi) is 5.12. The summed E-state index contributed by atoms with van der Waals surface area (Å²) in [5.74, 6) is 1.02. The Morgan fingerprint density at radius 2 is 2.04 bits per heavy atom. The van der Waals surface area contributed by atoms with Gasteiger partial charge in [0.25, 0.3) is 5.91 Å². The first-order valence-corrected chi connectivity index (χ1v) is 9.46. The van der Waals surface area contributed by atoms with E-state index in [2.05, 4.69) is 41.8 Å². The minimum atomic E-state index is -0.101. The van der Waals surface area contributed by atoms with E-state index < -0.39 is 0 Å². The first-order valence-electron chi connectivity index (χ1n) is 9.46. The van der Waals surface area contributed by atoms with Crippen LogP contribution >= 0.6 is 0 Å². The molecule has 2 N–H and O–H groups in total. The molecule has 0 saturated heterocycles. The van der Waals surface area contributed by atoms with Crippen LogP contribution < -0.4 is 15.4 Å². The van der Waals surface area contributed by atoms with Crippen molar-refractivity contribution in [2.45, 2.75) is 19.0 Å². The lowest BCUT2D eigenvalue weighted by atomic mass is 10.0. The quantitative estimate of drug-likeness (QED) is 0.693. The maximum Gasteiger partial charge on any atom is 0.269 e. The maximum absolute atomic E-state index is 12.3. The zero-order chi connectivity index (χ0) is 19.5. The Hall–Kier alpha value is -3.12. The topological polar surface area (TPSA) is 68.2 Å². The molecular formula is C22H24N4O2. The molecule has 1 amide bonds. The van der Waals surface area contributed by atoms with Crippen LogP contribution in [0.4, 0.5) is 0 Å². The summed E-state index contributed by atoms with van der Waals surface area (Å²) in [5, 5.41) is 11.2. The van der Waals surface area contributed by atoms with E-state index in [0.29, 0.717) is 18.2 Å². The smallest absolute Gasteiger partial charge is 0.269 e. The fourth-order valence-electron chi connectivity index (χ4n) is 3.46. The Balaban J connectivity index is 1.55. The third kappa shape index (κ3) is 3.64. The standard InChI is InChI=1S/C22H24N4O2/c1-15(16-7-4-3-5-8-16)13-23-21-14-24-22(27)20-12-19(25-26(20)21)17-9-6-10-18(11-17)28-2/h3-12,15,21,23H,13-14H2,1-2H3,(H,24,27)/t15-,21+/m0/s1. The van der Waals surface area contributed by atoms with Crippen molar-refractivity contribution in [3.05, 3.63) is 71.9 Å². The van der Waals surface area contributed by atoms with E-state index in [4.69, 9.17) is 9.84 Å². The highest BCUT2D eigenvalue weighted by Crippen LogP contribution is 2.26. The van der Waals surface area contributed by atoms with Crippen LogP contribution in [-0.2, 0) is 0 Å². The van der Waals surface area contributed by atoms with Gasteiger partial charge < -0.3 is 10.1 Å². The molecule has 6 nitrogen and oxygen atoms in total. The van der Waals surface area contributed by atoms with Gasteiger partial charge >= 0.3 is 0 Å². The van der Waals surface area contributed by atoms with Crippen LogP contribution in [-0.4, -0.2) is 35.9 Å². The molecule has 144 valence electrons. The summed E-state index contributed by atoms with van der Waals surface area (Å²) in [7, 11) is 1.64. The van der Waals surface area contributed by atoms with Crippen molar-refractivity contribution < 1.29 is 9.53 Å². The number of carbonyl (C=O) groups is 1. The first kappa shape index (κ1) is 18.3. The minimum absolute atomic E-state index is 0.0850. The van der Waals surface area contributed by atoms with Crippen molar-refractivity contribution in [2.75, 3.05) is 20.2 Å². The highest BCUT2D eigenvalue weighted by Gasteiger charge is 2.27. The number of benzene rings is 2. The summed E-state index contributed by atoms with van der Waals surface area (Å²) in [5.41, 5.74) is 3.53. The van der Waals surface area contributed by atoms with E-state index in [9.17, 15) is 4.79 Å². The fraction of sp³-hybridized carbons (Fsp3) is 0.273. The average Bonchev–Trinajstić information content (AvgIpc) is 3.20. The summed E-state index contributed by atoms with van der Waals surface area (Å²) in [4.78, 5) is 12.3. The predicted molar refractivity (Wildman–Crippen MR) is 108 cm³/mol. The molecule has 0 unspecified atom stereocenters. The zero-order valence-corrected chi connectivity index (χ0v) is 16.1.